The molecule has 2 rings (SSSR count). The standard InChI is InChI=1S/C12H14BrClN4S/c1-15-9(11-12(13)16-17-18(11)2)7-19-10-6-4-3-5-8(10)14/h3-6,9,15H,7H2,1-2H3. The average molecular weight is 362 g/mol. The topological polar surface area (TPSA) is 42.7 Å². The zero-order valence-corrected chi connectivity index (χ0v) is 13.8. The second kappa shape index (κ2) is 6.74. The summed E-state index contributed by atoms with van der Waals surface area (Å²) in [6.45, 7) is 0. The first kappa shape index (κ1) is 14.8. The molecule has 102 valence electrons. The van der Waals surface area contributed by atoms with Gasteiger partial charge in [-0.15, -0.1) is 16.9 Å². The van der Waals surface area contributed by atoms with E-state index in [1.165, 1.54) is 0 Å². The van der Waals surface area contributed by atoms with Crippen LogP contribution in [-0.2, 0) is 7.05 Å². The van der Waals surface area contributed by atoms with E-state index in [1.807, 2.05) is 38.4 Å². The molecule has 0 aliphatic heterocycles. The molecule has 0 fully saturated rings. The molecule has 0 saturated heterocycles. The van der Waals surface area contributed by atoms with Gasteiger partial charge in [0, 0.05) is 17.7 Å². The predicted molar refractivity (Wildman–Crippen MR) is 82.7 cm³/mol. The van der Waals surface area contributed by atoms with Crippen molar-refractivity contribution in [2.75, 3.05) is 12.8 Å². The van der Waals surface area contributed by atoms with Crippen LogP contribution in [0.15, 0.2) is 33.8 Å². The maximum atomic E-state index is 6.16. The van der Waals surface area contributed by atoms with Crippen LogP contribution in [0.25, 0.3) is 0 Å². The molecule has 0 spiro atoms. The largest absolute Gasteiger partial charge is 0.311 e. The maximum Gasteiger partial charge on any atom is 0.153 e. The second-order valence-electron chi connectivity index (χ2n) is 3.97. The minimum atomic E-state index is 0.149. The monoisotopic (exact) mass is 360 g/mol. The zero-order valence-electron chi connectivity index (χ0n) is 10.6. The summed E-state index contributed by atoms with van der Waals surface area (Å²) >= 11 is 11.3. The summed E-state index contributed by atoms with van der Waals surface area (Å²) in [6, 6.07) is 8.00. The minimum absolute atomic E-state index is 0.149. The van der Waals surface area contributed by atoms with E-state index in [4.69, 9.17) is 11.6 Å². The lowest BCUT2D eigenvalue weighted by atomic mass is 10.2. The molecule has 0 aliphatic rings. The Hall–Kier alpha value is -0.560. The van der Waals surface area contributed by atoms with Gasteiger partial charge in [0.25, 0.3) is 0 Å². The van der Waals surface area contributed by atoms with Crippen molar-refractivity contribution in [3.8, 4) is 0 Å². The number of nitrogens with one attached hydrogen (secondary N) is 1. The molecular weight excluding hydrogens is 348 g/mol. The average Bonchev–Trinajstić information content (AvgIpc) is 2.73. The van der Waals surface area contributed by atoms with Crippen molar-refractivity contribution in [3.63, 3.8) is 0 Å². The van der Waals surface area contributed by atoms with E-state index < -0.39 is 0 Å². The smallest absolute Gasteiger partial charge is 0.153 e. The van der Waals surface area contributed by atoms with Crippen LogP contribution >= 0.6 is 39.3 Å². The SMILES string of the molecule is CNC(CSc1ccccc1Cl)c1c(Br)nnn1C. The molecule has 0 radical (unpaired) electrons. The highest BCUT2D eigenvalue weighted by atomic mass is 79.9. The first-order valence-electron chi connectivity index (χ1n) is 5.73. The molecule has 1 atom stereocenters. The Labute approximate surface area is 130 Å². The van der Waals surface area contributed by atoms with Crippen molar-refractivity contribution >= 4 is 39.3 Å². The predicted octanol–water partition coefficient (Wildman–Crippen LogP) is 3.28. The molecule has 1 aromatic carbocycles. The van der Waals surface area contributed by atoms with Crippen LogP contribution in [0.1, 0.15) is 11.7 Å². The lowest BCUT2D eigenvalue weighted by Crippen LogP contribution is -2.22. The lowest BCUT2D eigenvalue weighted by molar-refractivity contribution is 0.578. The van der Waals surface area contributed by atoms with Gasteiger partial charge in [-0.3, -0.25) is 0 Å². The zero-order chi connectivity index (χ0) is 13.8. The van der Waals surface area contributed by atoms with Gasteiger partial charge in [-0.25, -0.2) is 4.68 Å². The molecule has 1 unspecified atom stereocenters. The fourth-order valence-corrected chi connectivity index (χ4v) is 3.70. The van der Waals surface area contributed by atoms with E-state index in [0.717, 1.165) is 26.0 Å². The van der Waals surface area contributed by atoms with Crippen LogP contribution in [-0.4, -0.2) is 27.8 Å². The third-order valence-electron chi connectivity index (χ3n) is 2.75. The maximum absolute atomic E-state index is 6.16. The number of rotatable bonds is 5. The molecule has 1 aromatic heterocycles. The van der Waals surface area contributed by atoms with Crippen molar-refractivity contribution in [1.29, 1.82) is 0 Å². The molecule has 4 nitrogen and oxygen atoms in total. The molecule has 1 heterocycles. The molecule has 7 heteroatoms. The fourth-order valence-electron chi connectivity index (χ4n) is 1.74. The molecule has 1 N–H and O–H groups in total. The number of aryl methyl sites for hydroxylation is 1. The van der Waals surface area contributed by atoms with Crippen LogP contribution in [0.3, 0.4) is 0 Å². The Balaban J connectivity index is 2.11. The molecule has 0 bridgehead atoms. The van der Waals surface area contributed by atoms with Crippen molar-refractivity contribution in [1.82, 2.24) is 20.3 Å². The summed E-state index contributed by atoms with van der Waals surface area (Å²) in [6.07, 6.45) is 0. The van der Waals surface area contributed by atoms with Crippen LogP contribution in [0.4, 0.5) is 0 Å². The third-order valence-corrected chi connectivity index (χ3v) is 4.92. The quantitative estimate of drug-likeness (QED) is 0.830. The summed E-state index contributed by atoms with van der Waals surface area (Å²) in [4.78, 5) is 1.08. The first-order valence-corrected chi connectivity index (χ1v) is 7.88. The van der Waals surface area contributed by atoms with Crippen molar-refractivity contribution in [2.45, 2.75) is 10.9 Å². The van der Waals surface area contributed by atoms with Gasteiger partial charge < -0.3 is 5.32 Å². The van der Waals surface area contributed by atoms with Crippen molar-refractivity contribution in [2.24, 2.45) is 7.05 Å². The Bertz CT molecular complexity index is 541. The summed E-state index contributed by atoms with van der Waals surface area (Å²) in [7, 11) is 3.81. The third kappa shape index (κ3) is 3.51. The number of hydrogen-bond acceptors (Lipinski definition) is 4. The molecule has 0 amide bonds. The molecule has 0 aliphatic carbocycles. The van der Waals surface area contributed by atoms with E-state index in [0.29, 0.717) is 0 Å². The fraction of sp³-hybridized carbons (Fsp3) is 0.333. The van der Waals surface area contributed by atoms with Gasteiger partial charge in [-0.1, -0.05) is 28.9 Å². The molecule has 0 saturated carbocycles. The van der Waals surface area contributed by atoms with Gasteiger partial charge in [0.05, 0.1) is 16.8 Å². The Morgan fingerprint density at radius 1 is 1.47 bits per heavy atom. The number of benzene rings is 1. The minimum Gasteiger partial charge on any atom is -0.311 e. The summed E-state index contributed by atoms with van der Waals surface area (Å²) < 4.78 is 2.55. The second-order valence-corrected chi connectivity index (χ2v) is 6.19. The summed E-state index contributed by atoms with van der Waals surface area (Å²) in [5.41, 5.74) is 1.03. The van der Waals surface area contributed by atoms with Gasteiger partial charge in [0.15, 0.2) is 4.60 Å². The van der Waals surface area contributed by atoms with E-state index >= 15 is 0 Å². The van der Waals surface area contributed by atoms with Gasteiger partial charge in [0.1, 0.15) is 0 Å². The van der Waals surface area contributed by atoms with Crippen LogP contribution < -0.4 is 5.32 Å². The molecule has 2 aromatic rings. The van der Waals surface area contributed by atoms with E-state index in [2.05, 4.69) is 31.6 Å². The van der Waals surface area contributed by atoms with Gasteiger partial charge in [-0.05, 0) is 35.1 Å². The Morgan fingerprint density at radius 2 is 2.21 bits per heavy atom. The lowest BCUT2D eigenvalue weighted by Gasteiger charge is -2.16. The molecule has 19 heavy (non-hydrogen) atoms. The highest BCUT2D eigenvalue weighted by Gasteiger charge is 2.19. The van der Waals surface area contributed by atoms with E-state index in [9.17, 15) is 0 Å². The summed E-state index contributed by atoms with van der Waals surface area (Å²) in [5.74, 6) is 0.847. The normalized spacial score (nSPS) is 12.6. The first-order chi connectivity index (χ1) is 9.13. The highest BCUT2D eigenvalue weighted by Crippen LogP contribution is 2.31. The summed E-state index contributed by atoms with van der Waals surface area (Å²) in [5, 5.41) is 12.1. The van der Waals surface area contributed by atoms with Crippen LogP contribution in [0.2, 0.25) is 5.02 Å². The number of thioether (sulfide) groups is 1. The Morgan fingerprint density at radius 3 is 2.79 bits per heavy atom. The van der Waals surface area contributed by atoms with Gasteiger partial charge in [-0.2, -0.15) is 0 Å². The van der Waals surface area contributed by atoms with Crippen molar-refractivity contribution < 1.29 is 0 Å². The number of nitrogens with zero attached hydrogens (tertiary/aromatic N) is 3. The van der Waals surface area contributed by atoms with E-state index in [1.54, 1.807) is 16.4 Å². The van der Waals surface area contributed by atoms with Gasteiger partial charge in [0.2, 0.25) is 0 Å². The highest BCUT2D eigenvalue weighted by molar-refractivity contribution is 9.10. The van der Waals surface area contributed by atoms with Crippen LogP contribution in [0, 0.1) is 0 Å². The molecular formula is C12H14BrClN4S. The van der Waals surface area contributed by atoms with E-state index in [-0.39, 0.29) is 6.04 Å². The Kier molecular flexibility index (Phi) is 5.27. The number of hydrogen-bond donors (Lipinski definition) is 1. The van der Waals surface area contributed by atoms with Crippen molar-refractivity contribution in [3.05, 3.63) is 39.6 Å². The number of halogens is 2. The van der Waals surface area contributed by atoms with Gasteiger partial charge >= 0.3 is 0 Å². The number of aromatic nitrogens is 3. The van der Waals surface area contributed by atoms with Crippen LogP contribution in [0.5, 0.6) is 0 Å².